The van der Waals surface area contributed by atoms with Crippen LogP contribution in [0.4, 0.5) is 5.69 Å². The third kappa shape index (κ3) is 3.53. The van der Waals surface area contributed by atoms with E-state index >= 15 is 0 Å². The number of cyclic esters (lactones) is 1. The summed E-state index contributed by atoms with van der Waals surface area (Å²) in [6, 6.07) is 7.74. The monoisotopic (exact) mass is 482 g/mol. The molecule has 0 aliphatic carbocycles. The molecule has 0 amide bonds. The van der Waals surface area contributed by atoms with Gasteiger partial charge in [0, 0.05) is 12.0 Å². The maximum absolute atomic E-state index is 13.2. The van der Waals surface area contributed by atoms with Crippen LogP contribution in [0.5, 0.6) is 28.7 Å². The van der Waals surface area contributed by atoms with Crippen molar-refractivity contribution >= 4 is 11.7 Å². The smallest absolute Gasteiger partial charge is 0.337 e. The number of fused-ring (bicyclic) bond motifs is 2. The average molecular weight is 483 g/mol. The summed E-state index contributed by atoms with van der Waals surface area (Å²) in [4.78, 5) is 17.6. The van der Waals surface area contributed by atoms with Crippen molar-refractivity contribution in [2.24, 2.45) is 0 Å². The van der Waals surface area contributed by atoms with Gasteiger partial charge < -0.3 is 33.3 Å². The van der Waals surface area contributed by atoms with Gasteiger partial charge in [0.05, 0.1) is 44.5 Å². The first kappa shape index (κ1) is 23.2. The van der Waals surface area contributed by atoms with Gasteiger partial charge in [0.2, 0.25) is 12.5 Å². The van der Waals surface area contributed by atoms with Gasteiger partial charge in [-0.1, -0.05) is 6.92 Å². The fourth-order valence-electron chi connectivity index (χ4n) is 5.31. The molecule has 2 aromatic rings. The Morgan fingerprint density at radius 1 is 1.00 bits per heavy atom. The normalized spacial score (nSPS) is 18.9. The van der Waals surface area contributed by atoms with Crippen molar-refractivity contribution in [1.29, 1.82) is 0 Å². The molecule has 9 nitrogen and oxygen atoms in total. The number of hydrogen-bond donors (Lipinski definition) is 0. The lowest BCUT2D eigenvalue weighted by molar-refractivity contribution is -0.136. The zero-order chi connectivity index (χ0) is 24.9. The Bertz CT molecular complexity index is 1180. The van der Waals surface area contributed by atoms with E-state index in [0.717, 1.165) is 28.9 Å². The zero-order valence-electron chi connectivity index (χ0n) is 20.8. The number of rotatable bonds is 7. The summed E-state index contributed by atoms with van der Waals surface area (Å²) in [5, 5.41) is 0. The highest BCUT2D eigenvalue weighted by Gasteiger charge is 2.45. The predicted octanol–water partition coefficient (Wildman–Crippen LogP) is 3.50. The van der Waals surface area contributed by atoms with Crippen molar-refractivity contribution in [2.75, 3.05) is 53.7 Å². The first-order valence-corrected chi connectivity index (χ1v) is 11.5. The Kier molecular flexibility index (Phi) is 5.88. The Morgan fingerprint density at radius 2 is 1.66 bits per heavy atom. The van der Waals surface area contributed by atoms with Crippen LogP contribution in [0.25, 0.3) is 0 Å². The van der Waals surface area contributed by atoms with Crippen LogP contribution < -0.4 is 28.6 Å². The number of anilines is 1. The van der Waals surface area contributed by atoms with Gasteiger partial charge in [-0.25, -0.2) is 4.79 Å². The third-order valence-electron chi connectivity index (χ3n) is 6.82. The lowest BCUT2D eigenvalue weighted by Crippen LogP contribution is -2.47. The van der Waals surface area contributed by atoms with Gasteiger partial charge in [-0.05, 0) is 49.8 Å². The molecular weight excluding hydrogens is 452 g/mol. The highest BCUT2D eigenvalue weighted by atomic mass is 16.7. The van der Waals surface area contributed by atoms with Crippen molar-refractivity contribution < 1.29 is 33.2 Å². The fourth-order valence-corrected chi connectivity index (χ4v) is 5.31. The molecular formula is C26H30N2O7. The minimum atomic E-state index is -0.422. The van der Waals surface area contributed by atoms with Crippen LogP contribution in [-0.4, -0.2) is 65.9 Å². The number of nitrogens with zero attached hydrogens (tertiary/aromatic N) is 2. The Morgan fingerprint density at radius 3 is 2.23 bits per heavy atom. The van der Waals surface area contributed by atoms with Crippen molar-refractivity contribution in [3.8, 4) is 28.7 Å². The quantitative estimate of drug-likeness (QED) is 0.551. The summed E-state index contributed by atoms with van der Waals surface area (Å²) >= 11 is 0. The lowest BCUT2D eigenvalue weighted by atomic mass is 9.79. The molecule has 0 N–H and O–H groups in total. The SMILES string of the molecule is CCC(N(C)C)N1C2=C(C(=O)OC2)C(c2cc(OC)c(OC)c(OC)c2)c2cc3c(cc21)OCO3. The van der Waals surface area contributed by atoms with E-state index in [1.807, 2.05) is 38.4 Å². The van der Waals surface area contributed by atoms with E-state index < -0.39 is 5.92 Å². The van der Waals surface area contributed by atoms with Gasteiger partial charge in [0.25, 0.3) is 0 Å². The number of esters is 1. The number of methoxy groups -OCH3 is 3. The summed E-state index contributed by atoms with van der Waals surface area (Å²) in [5.74, 6) is 2.09. The van der Waals surface area contributed by atoms with E-state index in [-0.39, 0.29) is 25.5 Å². The molecule has 0 spiro atoms. The van der Waals surface area contributed by atoms with E-state index in [1.165, 1.54) is 0 Å². The summed E-state index contributed by atoms with van der Waals surface area (Å²) in [6.07, 6.45) is 0.843. The molecule has 186 valence electrons. The summed E-state index contributed by atoms with van der Waals surface area (Å²) in [5.41, 5.74) is 4.14. The second-order valence-electron chi connectivity index (χ2n) is 8.81. The van der Waals surface area contributed by atoms with E-state index in [2.05, 4.69) is 16.7 Å². The number of hydrogen-bond acceptors (Lipinski definition) is 9. The first-order valence-electron chi connectivity index (χ1n) is 11.5. The van der Waals surface area contributed by atoms with Gasteiger partial charge in [-0.3, -0.25) is 4.90 Å². The highest BCUT2D eigenvalue weighted by Crippen LogP contribution is 2.53. The van der Waals surface area contributed by atoms with E-state index in [4.69, 9.17) is 28.4 Å². The van der Waals surface area contributed by atoms with Crippen LogP contribution in [0.1, 0.15) is 30.4 Å². The molecule has 3 heterocycles. The molecule has 0 aromatic heterocycles. The summed E-state index contributed by atoms with van der Waals surface area (Å²) in [7, 11) is 8.78. The largest absolute Gasteiger partial charge is 0.493 e. The van der Waals surface area contributed by atoms with E-state index in [1.54, 1.807) is 21.3 Å². The Labute approximate surface area is 204 Å². The number of benzene rings is 2. The number of ether oxygens (including phenoxy) is 6. The van der Waals surface area contributed by atoms with Gasteiger partial charge in [0.15, 0.2) is 23.0 Å². The van der Waals surface area contributed by atoms with Crippen LogP contribution >= 0.6 is 0 Å². The topological polar surface area (TPSA) is 78.9 Å². The molecule has 35 heavy (non-hydrogen) atoms. The second-order valence-corrected chi connectivity index (χ2v) is 8.81. The summed E-state index contributed by atoms with van der Waals surface area (Å²) < 4.78 is 33.8. The molecule has 9 heteroatoms. The minimum absolute atomic E-state index is 0.00881. The molecule has 2 atom stereocenters. The summed E-state index contributed by atoms with van der Waals surface area (Å²) in [6.45, 7) is 2.49. The van der Waals surface area contributed by atoms with Crippen molar-refractivity contribution in [3.63, 3.8) is 0 Å². The fraction of sp³-hybridized carbons (Fsp3) is 0.423. The number of carbonyl (C=O) groups excluding carboxylic acids is 1. The molecule has 3 aliphatic rings. The lowest BCUT2D eigenvalue weighted by Gasteiger charge is -2.43. The Hall–Kier alpha value is -3.59. The molecule has 2 aromatic carbocycles. The van der Waals surface area contributed by atoms with Gasteiger partial charge in [0.1, 0.15) is 6.61 Å². The van der Waals surface area contributed by atoms with Crippen molar-refractivity contribution in [3.05, 3.63) is 46.7 Å². The van der Waals surface area contributed by atoms with E-state index in [0.29, 0.717) is 34.3 Å². The molecule has 0 saturated carbocycles. The van der Waals surface area contributed by atoms with Crippen LogP contribution in [0.15, 0.2) is 35.5 Å². The van der Waals surface area contributed by atoms with Crippen molar-refractivity contribution in [1.82, 2.24) is 4.90 Å². The molecule has 0 radical (unpaired) electrons. The maximum Gasteiger partial charge on any atom is 0.337 e. The molecule has 2 unspecified atom stereocenters. The zero-order valence-corrected chi connectivity index (χ0v) is 20.8. The molecule has 3 aliphatic heterocycles. The second kappa shape index (κ2) is 8.88. The van der Waals surface area contributed by atoms with Gasteiger partial charge >= 0.3 is 5.97 Å². The third-order valence-corrected chi connectivity index (χ3v) is 6.82. The molecule has 5 rings (SSSR count). The maximum atomic E-state index is 13.2. The van der Waals surface area contributed by atoms with Gasteiger partial charge in [-0.2, -0.15) is 0 Å². The number of carbonyl (C=O) groups is 1. The average Bonchev–Trinajstić information content (AvgIpc) is 3.48. The predicted molar refractivity (Wildman–Crippen MR) is 129 cm³/mol. The van der Waals surface area contributed by atoms with Crippen LogP contribution in [0, 0.1) is 0 Å². The first-order chi connectivity index (χ1) is 16.9. The molecule has 0 bridgehead atoms. The van der Waals surface area contributed by atoms with Crippen LogP contribution in [-0.2, 0) is 9.53 Å². The molecule has 0 saturated heterocycles. The standard InChI is InChI=1S/C26H30N2O7/c1-7-22(27(2)3)28-16-11-19-18(34-13-35-19)10-15(16)23(24-17(28)12-33-26(24)29)14-8-20(30-4)25(32-6)21(9-14)31-5/h8-11,22-23H,7,12-13H2,1-6H3. The van der Waals surface area contributed by atoms with Crippen LogP contribution in [0.3, 0.4) is 0 Å². The highest BCUT2D eigenvalue weighted by molar-refractivity contribution is 5.98. The van der Waals surface area contributed by atoms with Crippen LogP contribution in [0.2, 0.25) is 0 Å². The molecule has 0 fully saturated rings. The minimum Gasteiger partial charge on any atom is -0.493 e. The van der Waals surface area contributed by atoms with Crippen molar-refractivity contribution in [2.45, 2.75) is 25.4 Å². The van der Waals surface area contributed by atoms with Gasteiger partial charge in [-0.15, -0.1) is 0 Å². The Balaban J connectivity index is 1.80. The van der Waals surface area contributed by atoms with E-state index in [9.17, 15) is 4.79 Å².